The van der Waals surface area contributed by atoms with Crippen LogP contribution in [0.4, 0.5) is 10.5 Å². The summed E-state index contributed by atoms with van der Waals surface area (Å²) in [5, 5.41) is 14.0. The second-order valence-corrected chi connectivity index (χ2v) is 6.84. The quantitative estimate of drug-likeness (QED) is 0.547. The molecule has 10 heteroatoms. The highest BCUT2D eigenvalue weighted by atomic mass is 35.5. The third kappa shape index (κ3) is 4.40. The second-order valence-electron chi connectivity index (χ2n) is 6.43. The first-order valence-electron chi connectivity index (χ1n) is 8.45. The van der Waals surface area contributed by atoms with Crippen molar-refractivity contribution in [2.24, 2.45) is 0 Å². The maximum atomic E-state index is 12.3. The molecule has 0 bridgehead atoms. The van der Waals surface area contributed by atoms with Crippen LogP contribution in [0.25, 0.3) is 0 Å². The molecule has 1 aliphatic rings. The van der Waals surface area contributed by atoms with E-state index in [2.05, 4.69) is 10.6 Å². The molecule has 9 nitrogen and oxygen atoms in total. The molecule has 2 atom stereocenters. The van der Waals surface area contributed by atoms with Crippen molar-refractivity contribution >= 4 is 41.1 Å². The Hall–Kier alpha value is -3.12. The van der Waals surface area contributed by atoms with Crippen LogP contribution >= 0.6 is 11.6 Å². The number of esters is 1. The van der Waals surface area contributed by atoms with Crippen LogP contribution in [0, 0.1) is 11.3 Å². The molecule has 2 N–H and O–H groups in total. The smallest absolute Gasteiger partial charge is 0.327 e. The van der Waals surface area contributed by atoms with Crippen LogP contribution in [0.3, 0.4) is 0 Å². The molecule has 148 valence electrons. The Morgan fingerprint density at radius 1 is 1.43 bits per heavy atom. The first-order chi connectivity index (χ1) is 13.1. The molecule has 1 aliphatic heterocycles. The molecule has 28 heavy (non-hydrogen) atoms. The summed E-state index contributed by atoms with van der Waals surface area (Å²) in [6.45, 7) is 4.06. The molecule has 0 aliphatic carbocycles. The van der Waals surface area contributed by atoms with Gasteiger partial charge in [-0.25, -0.2) is 4.79 Å². The predicted octanol–water partition coefficient (Wildman–Crippen LogP) is 1.80. The Bertz CT molecular complexity index is 881. The summed E-state index contributed by atoms with van der Waals surface area (Å²) in [6.07, 6.45) is -0.810. The number of benzene rings is 1. The van der Waals surface area contributed by atoms with Crippen molar-refractivity contribution in [1.82, 2.24) is 10.2 Å². The van der Waals surface area contributed by atoms with Gasteiger partial charge in [-0.15, -0.1) is 0 Å². The number of urea groups is 1. The number of imide groups is 1. The van der Waals surface area contributed by atoms with Crippen LogP contribution in [0.15, 0.2) is 18.2 Å². The van der Waals surface area contributed by atoms with Crippen LogP contribution in [0.2, 0.25) is 5.02 Å². The van der Waals surface area contributed by atoms with Gasteiger partial charge in [0.05, 0.1) is 10.6 Å². The lowest BCUT2D eigenvalue weighted by molar-refractivity contribution is -0.155. The number of halogens is 1. The Morgan fingerprint density at radius 3 is 2.64 bits per heavy atom. The lowest BCUT2D eigenvalue weighted by Crippen LogP contribution is -2.44. The van der Waals surface area contributed by atoms with Gasteiger partial charge in [-0.3, -0.25) is 19.3 Å². The molecule has 0 unspecified atom stereocenters. The van der Waals surface area contributed by atoms with Crippen molar-refractivity contribution in [1.29, 1.82) is 5.26 Å². The average molecular weight is 407 g/mol. The molecule has 1 heterocycles. The van der Waals surface area contributed by atoms with E-state index < -0.39 is 42.0 Å². The summed E-state index contributed by atoms with van der Waals surface area (Å²) in [5.74, 6) is -2.06. The van der Waals surface area contributed by atoms with Crippen molar-refractivity contribution in [3.8, 4) is 6.07 Å². The van der Waals surface area contributed by atoms with Gasteiger partial charge in [-0.2, -0.15) is 5.26 Å². The van der Waals surface area contributed by atoms with Crippen LogP contribution < -0.4 is 10.6 Å². The number of hydrogen-bond donors (Lipinski definition) is 2. The highest BCUT2D eigenvalue weighted by Gasteiger charge is 2.47. The second kappa shape index (κ2) is 8.27. The number of hydrogen-bond acceptors (Lipinski definition) is 6. The van der Waals surface area contributed by atoms with E-state index in [9.17, 15) is 19.2 Å². The van der Waals surface area contributed by atoms with Gasteiger partial charge in [0.25, 0.3) is 11.8 Å². The van der Waals surface area contributed by atoms with Gasteiger partial charge < -0.3 is 15.4 Å². The summed E-state index contributed by atoms with van der Waals surface area (Å²) in [5.41, 5.74) is -0.480. The maximum absolute atomic E-state index is 12.3. The van der Waals surface area contributed by atoms with Gasteiger partial charge in [0.2, 0.25) is 0 Å². The molecule has 2 rings (SSSR count). The monoisotopic (exact) mass is 406 g/mol. The van der Waals surface area contributed by atoms with E-state index in [0.29, 0.717) is 12.1 Å². The summed E-state index contributed by atoms with van der Waals surface area (Å²) >= 11 is 5.90. The predicted molar refractivity (Wildman–Crippen MR) is 99.3 cm³/mol. The fourth-order valence-electron chi connectivity index (χ4n) is 2.47. The molecular weight excluding hydrogens is 388 g/mol. The topological polar surface area (TPSA) is 129 Å². The zero-order chi connectivity index (χ0) is 21.1. The number of carbonyl (C=O) groups is 4. The maximum Gasteiger partial charge on any atom is 0.327 e. The standard InChI is InChI=1S/C18H19ClN4O5/c1-4-18(3)16(26)23(17(27)22-18)9-14(24)28-10(2)15(25)21-12-6-5-11(8-20)13(19)7-12/h5-7,10H,4,9H2,1-3H3,(H,21,25)(H,22,27)/t10-,18+/m1/s1. The largest absolute Gasteiger partial charge is 0.451 e. The third-order valence-electron chi connectivity index (χ3n) is 4.37. The van der Waals surface area contributed by atoms with E-state index in [1.165, 1.54) is 25.1 Å². The van der Waals surface area contributed by atoms with Crippen LogP contribution in [-0.4, -0.2) is 46.9 Å². The fourth-order valence-corrected chi connectivity index (χ4v) is 2.70. The molecule has 1 aromatic rings. The molecule has 1 fully saturated rings. The normalized spacial score (nSPS) is 19.6. The van der Waals surface area contributed by atoms with E-state index in [1.807, 2.05) is 6.07 Å². The highest BCUT2D eigenvalue weighted by Crippen LogP contribution is 2.21. The number of nitrogens with one attached hydrogen (secondary N) is 2. The SMILES string of the molecule is CC[C@]1(C)NC(=O)N(CC(=O)O[C@H](C)C(=O)Nc2ccc(C#N)c(Cl)c2)C1=O. The average Bonchev–Trinajstić information content (AvgIpc) is 2.85. The Labute approximate surface area is 166 Å². The van der Waals surface area contributed by atoms with Crippen LogP contribution in [0.1, 0.15) is 32.8 Å². The van der Waals surface area contributed by atoms with Crippen molar-refractivity contribution in [2.75, 3.05) is 11.9 Å². The Morgan fingerprint density at radius 2 is 2.11 bits per heavy atom. The lowest BCUT2D eigenvalue weighted by Gasteiger charge is -2.19. The molecule has 0 aromatic heterocycles. The minimum atomic E-state index is -1.18. The molecule has 4 amide bonds. The summed E-state index contributed by atoms with van der Waals surface area (Å²) in [6, 6.07) is 5.53. The highest BCUT2D eigenvalue weighted by molar-refractivity contribution is 6.32. The Kier molecular flexibility index (Phi) is 6.26. The molecule has 1 aromatic carbocycles. The van der Waals surface area contributed by atoms with Crippen molar-refractivity contribution in [2.45, 2.75) is 38.8 Å². The van der Waals surface area contributed by atoms with Crippen molar-refractivity contribution in [3.05, 3.63) is 28.8 Å². The first kappa shape index (κ1) is 21.2. The number of nitriles is 1. The zero-order valence-electron chi connectivity index (χ0n) is 15.5. The van der Waals surface area contributed by atoms with E-state index in [1.54, 1.807) is 13.8 Å². The van der Waals surface area contributed by atoms with Crippen molar-refractivity contribution in [3.63, 3.8) is 0 Å². The molecule has 0 radical (unpaired) electrons. The lowest BCUT2D eigenvalue weighted by atomic mass is 9.99. The zero-order valence-corrected chi connectivity index (χ0v) is 16.3. The van der Waals surface area contributed by atoms with Gasteiger partial charge >= 0.3 is 12.0 Å². The van der Waals surface area contributed by atoms with E-state index in [-0.39, 0.29) is 10.6 Å². The summed E-state index contributed by atoms with van der Waals surface area (Å²) in [7, 11) is 0. The van der Waals surface area contributed by atoms with E-state index in [0.717, 1.165) is 4.90 Å². The van der Waals surface area contributed by atoms with Crippen LogP contribution in [0.5, 0.6) is 0 Å². The summed E-state index contributed by atoms with van der Waals surface area (Å²) in [4.78, 5) is 49.2. The van der Waals surface area contributed by atoms with Gasteiger partial charge in [0.15, 0.2) is 6.10 Å². The number of anilines is 1. The van der Waals surface area contributed by atoms with Crippen molar-refractivity contribution < 1.29 is 23.9 Å². The number of carbonyl (C=O) groups excluding carboxylic acids is 4. The number of ether oxygens (including phenoxy) is 1. The van der Waals surface area contributed by atoms with E-state index in [4.69, 9.17) is 21.6 Å². The van der Waals surface area contributed by atoms with Gasteiger partial charge in [-0.1, -0.05) is 18.5 Å². The number of rotatable bonds is 6. The molecule has 0 saturated carbocycles. The van der Waals surface area contributed by atoms with Crippen LogP contribution in [-0.2, 0) is 19.1 Å². The van der Waals surface area contributed by atoms with Gasteiger partial charge in [0, 0.05) is 5.69 Å². The number of nitrogens with zero attached hydrogens (tertiary/aromatic N) is 2. The molecule has 1 saturated heterocycles. The van der Waals surface area contributed by atoms with E-state index >= 15 is 0 Å². The third-order valence-corrected chi connectivity index (χ3v) is 4.69. The minimum Gasteiger partial charge on any atom is -0.451 e. The first-order valence-corrected chi connectivity index (χ1v) is 8.83. The minimum absolute atomic E-state index is 0.169. The molecular formula is C18H19ClN4O5. The Balaban J connectivity index is 1.94. The summed E-state index contributed by atoms with van der Waals surface area (Å²) < 4.78 is 5.01. The number of amides is 4. The molecule has 0 spiro atoms. The fraction of sp³-hybridized carbons (Fsp3) is 0.389. The van der Waals surface area contributed by atoms with Gasteiger partial charge in [-0.05, 0) is 38.5 Å². The van der Waals surface area contributed by atoms with Gasteiger partial charge in [0.1, 0.15) is 18.2 Å².